The summed E-state index contributed by atoms with van der Waals surface area (Å²) in [6.45, 7) is 1.20. The summed E-state index contributed by atoms with van der Waals surface area (Å²) < 4.78 is 14.1. The SMILES string of the molecule is NC/C(=C\F)Cn1cc2c(n1)CCN(C1CC1)C2=O. The lowest BCUT2D eigenvalue weighted by Gasteiger charge is -2.25. The van der Waals surface area contributed by atoms with E-state index in [-0.39, 0.29) is 12.5 Å². The molecule has 2 heterocycles. The summed E-state index contributed by atoms with van der Waals surface area (Å²) in [5.41, 5.74) is 7.37. The van der Waals surface area contributed by atoms with Gasteiger partial charge in [0.05, 0.1) is 24.1 Å². The highest BCUT2D eigenvalue weighted by molar-refractivity contribution is 5.96. The third-order valence-electron chi connectivity index (χ3n) is 3.69. The molecule has 1 aromatic heterocycles. The molecule has 1 amide bonds. The Kier molecular flexibility index (Phi) is 3.10. The normalized spacial score (nSPS) is 19.8. The number of aromatic nitrogens is 2. The van der Waals surface area contributed by atoms with Crippen molar-refractivity contribution < 1.29 is 9.18 Å². The molecule has 102 valence electrons. The highest BCUT2D eigenvalue weighted by Crippen LogP contribution is 2.31. The number of carbonyl (C=O) groups excluding carboxylic acids is 1. The Hall–Kier alpha value is -1.69. The van der Waals surface area contributed by atoms with Gasteiger partial charge < -0.3 is 10.6 Å². The molecule has 0 aromatic carbocycles. The number of nitrogens with two attached hydrogens (primary N) is 1. The van der Waals surface area contributed by atoms with Gasteiger partial charge in [0.25, 0.3) is 5.91 Å². The maximum Gasteiger partial charge on any atom is 0.257 e. The van der Waals surface area contributed by atoms with Crippen LogP contribution in [0.15, 0.2) is 18.1 Å². The van der Waals surface area contributed by atoms with Crippen molar-refractivity contribution in [2.24, 2.45) is 5.73 Å². The van der Waals surface area contributed by atoms with E-state index >= 15 is 0 Å². The van der Waals surface area contributed by atoms with E-state index in [9.17, 15) is 9.18 Å². The minimum absolute atomic E-state index is 0.0635. The molecule has 0 bridgehead atoms. The molecule has 5 nitrogen and oxygen atoms in total. The van der Waals surface area contributed by atoms with Gasteiger partial charge in [0.1, 0.15) is 0 Å². The lowest BCUT2D eigenvalue weighted by Crippen LogP contribution is -2.38. The fourth-order valence-electron chi connectivity index (χ4n) is 2.47. The summed E-state index contributed by atoms with van der Waals surface area (Å²) in [7, 11) is 0. The first kappa shape index (κ1) is 12.3. The van der Waals surface area contributed by atoms with E-state index in [2.05, 4.69) is 5.10 Å². The van der Waals surface area contributed by atoms with Gasteiger partial charge in [-0.2, -0.15) is 5.10 Å². The number of nitrogens with zero attached hydrogens (tertiary/aromatic N) is 3. The van der Waals surface area contributed by atoms with E-state index < -0.39 is 0 Å². The number of rotatable bonds is 4. The van der Waals surface area contributed by atoms with Crippen LogP contribution in [0.2, 0.25) is 0 Å². The molecule has 1 aliphatic heterocycles. The van der Waals surface area contributed by atoms with Crippen LogP contribution in [-0.4, -0.2) is 39.7 Å². The molecular formula is C13H17FN4O. The summed E-state index contributed by atoms with van der Waals surface area (Å²) in [6, 6.07) is 0.425. The van der Waals surface area contributed by atoms with Gasteiger partial charge in [-0.3, -0.25) is 9.48 Å². The van der Waals surface area contributed by atoms with E-state index in [4.69, 9.17) is 5.73 Å². The monoisotopic (exact) mass is 264 g/mol. The Balaban J connectivity index is 1.81. The van der Waals surface area contributed by atoms with Crippen molar-refractivity contribution in [1.82, 2.24) is 14.7 Å². The fraction of sp³-hybridized carbons (Fsp3) is 0.538. The van der Waals surface area contributed by atoms with Crippen molar-refractivity contribution in [3.8, 4) is 0 Å². The average Bonchev–Trinajstić information content (AvgIpc) is 3.16. The van der Waals surface area contributed by atoms with Crippen LogP contribution in [0.4, 0.5) is 4.39 Å². The van der Waals surface area contributed by atoms with Gasteiger partial charge in [-0.1, -0.05) is 0 Å². The van der Waals surface area contributed by atoms with Crippen LogP contribution in [0.5, 0.6) is 0 Å². The Labute approximate surface area is 110 Å². The van der Waals surface area contributed by atoms with E-state index in [1.54, 1.807) is 10.9 Å². The molecule has 6 heteroatoms. The second-order valence-corrected chi connectivity index (χ2v) is 5.14. The highest BCUT2D eigenvalue weighted by Gasteiger charge is 2.37. The lowest BCUT2D eigenvalue weighted by molar-refractivity contribution is 0.0726. The third kappa shape index (κ3) is 2.28. The summed E-state index contributed by atoms with van der Waals surface area (Å²) >= 11 is 0. The number of hydrogen-bond acceptors (Lipinski definition) is 3. The predicted molar refractivity (Wildman–Crippen MR) is 68.2 cm³/mol. The molecule has 2 aliphatic rings. The molecule has 1 fully saturated rings. The summed E-state index contributed by atoms with van der Waals surface area (Å²) in [4.78, 5) is 14.2. The fourth-order valence-corrected chi connectivity index (χ4v) is 2.47. The Bertz CT molecular complexity index is 533. The number of halogens is 1. The van der Waals surface area contributed by atoms with Crippen molar-refractivity contribution in [2.75, 3.05) is 13.1 Å². The highest BCUT2D eigenvalue weighted by atomic mass is 19.1. The summed E-state index contributed by atoms with van der Waals surface area (Å²) in [5, 5.41) is 4.36. The predicted octanol–water partition coefficient (Wildman–Crippen LogP) is 0.856. The standard InChI is InChI=1S/C13H17FN4O/c14-5-9(6-15)7-17-8-11-12(16-17)3-4-18(13(11)19)10-1-2-10/h5,8,10H,1-4,6-7,15H2/b9-5+. The van der Waals surface area contributed by atoms with E-state index in [1.165, 1.54) is 0 Å². The van der Waals surface area contributed by atoms with Crippen molar-refractivity contribution >= 4 is 5.91 Å². The van der Waals surface area contributed by atoms with Crippen molar-refractivity contribution in [2.45, 2.75) is 31.8 Å². The van der Waals surface area contributed by atoms with Crippen LogP contribution in [0.1, 0.15) is 28.9 Å². The maximum absolute atomic E-state index is 12.5. The average molecular weight is 264 g/mol. The van der Waals surface area contributed by atoms with Crippen LogP contribution in [0.25, 0.3) is 0 Å². The topological polar surface area (TPSA) is 64.2 Å². The molecule has 0 radical (unpaired) electrons. The number of fused-ring (bicyclic) bond motifs is 1. The van der Waals surface area contributed by atoms with Gasteiger partial charge in [-0.25, -0.2) is 4.39 Å². The quantitative estimate of drug-likeness (QED) is 0.877. The molecule has 0 unspecified atom stereocenters. The molecular weight excluding hydrogens is 247 g/mol. The van der Waals surface area contributed by atoms with E-state index in [1.807, 2.05) is 4.90 Å². The Morgan fingerprint density at radius 3 is 3.00 bits per heavy atom. The summed E-state index contributed by atoms with van der Waals surface area (Å²) in [6.07, 6.45) is 5.22. The van der Waals surface area contributed by atoms with Gasteiger partial charge in [0, 0.05) is 31.7 Å². The van der Waals surface area contributed by atoms with Crippen molar-refractivity contribution in [1.29, 1.82) is 0 Å². The first-order valence-electron chi connectivity index (χ1n) is 6.58. The van der Waals surface area contributed by atoms with Crippen LogP contribution >= 0.6 is 0 Å². The second-order valence-electron chi connectivity index (χ2n) is 5.14. The Morgan fingerprint density at radius 2 is 2.37 bits per heavy atom. The zero-order chi connectivity index (χ0) is 13.4. The number of hydrogen-bond donors (Lipinski definition) is 1. The van der Waals surface area contributed by atoms with Gasteiger partial charge in [-0.15, -0.1) is 0 Å². The largest absolute Gasteiger partial charge is 0.335 e. The molecule has 1 saturated carbocycles. The summed E-state index contributed by atoms with van der Waals surface area (Å²) in [5.74, 6) is 0.0635. The first-order chi connectivity index (χ1) is 9.22. The molecule has 1 aromatic rings. The van der Waals surface area contributed by atoms with Crippen LogP contribution in [0, 0.1) is 0 Å². The van der Waals surface area contributed by atoms with Crippen LogP contribution in [0.3, 0.4) is 0 Å². The molecule has 2 N–H and O–H groups in total. The van der Waals surface area contributed by atoms with Crippen LogP contribution in [-0.2, 0) is 13.0 Å². The molecule has 1 aliphatic carbocycles. The first-order valence-corrected chi connectivity index (χ1v) is 6.58. The van der Waals surface area contributed by atoms with Crippen molar-refractivity contribution in [3.05, 3.63) is 29.4 Å². The minimum atomic E-state index is 0.0635. The minimum Gasteiger partial charge on any atom is -0.335 e. The zero-order valence-electron chi connectivity index (χ0n) is 10.7. The third-order valence-corrected chi connectivity index (χ3v) is 3.69. The second kappa shape index (κ2) is 4.77. The maximum atomic E-state index is 12.5. The molecule has 0 atom stereocenters. The Morgan fingerprint density at radius 1 is 1.58 bits per heavy atom. The van der Waals surface area contributed by atoms with Crippen LogP contribution < -0.4 is 5.73 Å². The van der Waals surface area contributed by atoms with E-state index in [0.29, 0.717) is 30.1 Å². The molecule has 3 rings (SSSR count). The zero-order valence-corrected chi connectivity index (χ0v) is 10.7. The van der Waals surface area contributed by atoms with Gasteiger partial charge in [-0.05, 0) is 18.4 Å². The van der Waals surface area contributed by atoms with Gasteiger partial charge in [0.15, 0.2) is 0 Å². The lowest BCUT2D eigenvalue weighted by atomic mass is 10.1. The smallest absolute Gasteiger partial charge is 0.257 e. The van der Waals surface area contributed by atoms with Gasteiger partial charge >= 0.3 is 0 Å². The van der Waals surface area contributed by atoms with E-state index in [0.717, 1.165) is 31.5 Å². The van der Waals surface area contributed by atoms with Gasteiger partial charge in [0.2, 0.25) is 0 Å². The molecule has 0 spiro atoms. The van der Waals surface area contributed by atoms with Crippen molar-refractivity contribution in [3.63, 3.8) is 0 Å². The molecule has 19 heavy (non-hydrogen) atoms. The molecule has 0 saturated heterocycles. The number of amides is 1. The number of carbonyl (C=O) groups is 1.